The van der Waals surface area contributed by atoms with Gasteiger partial charge in [-0.2, -0.15) is 0 Å². The van der Waals surface area contributed by atoms with Gasteiger partial charge in [-0.1, -0.05) is 58.6 Å². The van der Waals surface area contributed by atoms with Crippen molar-refractivity contribution < 1.29 is 18.7 Å². The van der Waals surface area contributed by atoms with Gasteiger partial charge in [-0.3, -0.25) is 19.5 Å². The van der Waals surface area contributed by atoms with Crippen LogP contribution in [-0.2, 0) is 11.3 Å². The van der Waals surface area contributed by atoms with Gasteiger partial charge in [0.1, 0.15) is 17.4 Å². The minimum atomic E-state index is -0.343. The van der Waals surface area contributed by atoms with E-state index in [0.29, 0.717) is 35.8 Å². The molecule has 2 fully saturated rings. The lowest BCUT2D eigenvalue weighted by molar-refractivity contribution is -0.117. The highest BCUT2D eigenvalue weighted by Crippen LogP contribution is 2.20. The lowest BCUT2D eigenvalue weighted by atomic mass is 10.0. The number of nitrogens with one attached hydrogen (secondary N) is 1. The Bertz CT molecular complexity index is 1140. The smallest absolute Gasteiger partial charge is 0.251 e. The lowest BCUT2D eigenvalue weighted by Gasteiger charge is -2.42. The van der Waals surface area contributed by atoms with Crippen LogP contribution in [0.3, 0.4) is 0 Å². The molecule has 2 aliphatic rings. The Morgan fingerprint density at radius 3 is 2.16 bits per heavy atom. The number of hydrogen-bond acceptors (Lipinski definition) is 5. The first kappa shape index (κ1) is 39.0. The third-order valence-electron chi connectivity index (χ3n) is 7.56. The van der Waals surface area contributed by atoms with Gasteiger partial charge < -0.3 is 10.4 Å². The molecule has 2 N–H and O–H groups in total. The van der Waals surface area contributed by atoms with Crippen LogP contribution in [0, 0.1) is 5.82 Å². The molecule has 6 nitrogen and oxygen atoms in total. The van der Waals surface area contributed by atoms with Crippen molar-refractivity contribution in [1.29, 1.82) is 0 Å². The number of nitrogens with zero attached hydrogens (tertiary/aromatic N) is 3. The summed E-state index contributed by atoms with van der Waals surface area (Å²) in [5, 5.41) is 13.4. The van der Waals surface area contributed by atoms with Crippen LogP contribution in [0.1, 0.15) is 66.9 Å². The van der Waals surface area contributed by atoms with Crippen LogP contribution in [0.15, 0.2) is 83.5 Å². The summed E-state index contributed by atoms with van der Waals surface area (Å²) in [6.07, 6.45) is 8.67. The molecule has 1 aromatic rings. The van der Waals surface area contributed by atoms with Gasteiger partial charge in [0, 0.05) is 50.9 Å². The topological polar surface area (TPSA) is 59.1 Å². The Labute approximate surface area is 265 Å². The van der Waals surface area contributed by atoms with Gasteiger partial charge in [0.25, 0.3) is 5.91 Å². The molecule has 0 aromatic heterocycles. The second-order valence-electron chi connectivity index (χ2n) is 10.8. The van der Waals surface area contributed by atoms with E-state index >= 15 is 0 Å². The Kier molecular flexibility index (Phi) is 19.1. The fourth-order valence-electron chi connectivity index (χ4n) is 5.13. The number of piperazine rings is 1. The summed E-state index contributed by atoms with van der Waals surface area (Å²) < 4.78 is 27.4. The van der Waals surface area contributed by atoms with Crippen molar-refractivity contribution in [3.63, 3.8) is 0 Å². The molecule has 0 aliphatic carbocycles. The molecular weight excluding hydrogens is 558 g/mol. The summed E-state index contributed by atoms with van der Waals surface area (Å²) in [6, 6.07) is 6.64. The molecular formula is C36H56F2N4O2. The molecule has 44 heavy (non-hydrogen) atoms. The SMILES string of the molecule is C=C/C(=C\C(F)=C(C)C)CN1CCC(N2CCN(C/C(O)=C\C(=C/C)C(=O)NCc3cccc(F)c3)CC2)CC1.CC.CC. The van der Waals surface area contributed by atoms with E-state index in [-0.39, 0.29) is 29.9 Å². The highest BCUT2D eigenvalue weighted by Gasteiger charge is 2.27. The average molecular weight is 615 g/mol. The zero-order chi connectivity index (χ0) is 33.1. The molecule has 0 saturated carbocycles. The lowest BCUT2D eigenvalue weighted by Crippen LogP contribution is -2.53. The largest absolute Gasteiger partial charge is 0.511 e. The van der Waals surface area contributed by atoms with E-state index in [0.717, 1.165) is 57.7 Å². The number of allylic oxidation sites excluding steroid dienone is 4. The summed E-state index contributed by atoms with van der Waals surface area (Å²) in [6.45, 7) is 24.0. The zero-order valence-electron chi connectivity index (χ0n) is 28.1. The minimum absolute atomic E-state index is 0.145. The molecule has 2 saturated heterocycles. The summed E-state index contributed by atoms with van der Waals surface area (Å²) >= 11 is 0. The third-order valence-corrected chi connectivity index (χ3v) is 7.56. The molecule has 0 radical (unpaired) electrons. The molecule has 0 atom stereocenters. The summed E-state index contributed by atoms with van der Waals surface area (Å²) in [7, 11) is 0. The fourth-order valence-corrected chi connectivity index (χ4v) is 5.13. The molecule has 246 valence electrons. The second-order valence-corrected chi connectivity index (χ2v) is 10.8. The number of amides is 1. The van der Waals surface area contributed by atoms with Gasteiger partial charge in [0.05, 0.1) is 6.54 Å². The molecule has 2 aliphatic heterocycles. The van der Waals surface area contributed by atoms with Gasteiger partial charge in [0.15, 0.2) is 0 Å². The maximum atomic E-state index is 14.0. The standard InChI is InChI=1S/C32H44F2N4O2.2C2H6/c1-5-25(19-31(34)24(3)4)22-36-12-10-29(11-13-36)38-16-14-37(15-17-38)23-30(39)20-27(6-2)32(40)35-21-26-8-7-9-28(33)18-26;2*1-2/h5-9,18-20,29,39H,1,10-17,21-23H2,2-4H3,(H,35,40);2*1-2H3/b25-19+,27-6+,30-20+;;. The second kappa shape index (κ2) is 21.6. The van der Waals surface area contributed by atoms with E-state index < -0.39 is 0 Å². The van der Waals surface area contributed by atoms with E-state index in [4.69, 9.17) is 0 Å². The highest BCUT2D eigenvalue weighted by molar-refractivity contribution is 5.96. The normalized spacial score (nSPS) is 17.5. The summed E-state index contributed by atoms with van der Waals surface area (Å²) in [5.74, 6) is -0.697. The zero-order valence-corrected chi connectivity index (χ0v) is 28.1. The predicted molar refractivity (Wildman–Crippen MR) is 181 cm³/mol. The van der Waals surface area contributed by atoms with Crippen molar-refractivity contribution >= 4 is 5.91 Å². The Morgan fingerprint density at radius 2 is 1.61 bits per heavy atom. The van der Waals surface area contributed by atoms with Gasteiger partial charge in [-0.05, 0) is 87.7 Å². The van der Waals surface area contributed by atoms with Crippen molar-refractivity contribution in [2.45, 2.75) is 73.9 Å². The van der Waals surface area contributed by atoms with E-state index in [1.165, 1.54) is 18.2 Å². The molecule has 0 unspecified atom stereocenters. The number of halogens is 2. The van der Waals surface area contributed by atoms with E-state index in [1.807, 2.05) is 27.7 Å². The third kappa shape index (κ3) is 13.7. The number of likely N-dealkylation sites (tertiary alicyclic amines) is 1. The number of piperidine rings is 1. The molecule has 8 heteroatoms. The van der Waals surface area contributed by atoms with Crippen LogP contribution in [0.5, 0.6) is 0 Å². The quantitative estimate of drug-likeness (QED) is 0.155. The number of aliphatic hydroxyl groups is 1. The van der Waals surface area contributed by atoms with E-state index in [1.54, 1.807) is 51.1 Å². The summed E-state index contributed by atoms with van der Waals surface area (Å²) in [5.41, 5.74) is 2.63. The van der Waals surface area contributed by atoms with Crippen LogP contribution in [0.4, 0.5) is 8.78 Å². The van der Waals surface area contributed by atoms with Crippen LogP contribution in [-0.4, -0.2) is 84.1 Å². The predicted octanol–water partition coefficient (Wildman–Crippen LogP) is 7.34. The fraction of sp³-hybridized carbons (Fsp3) is 0.528. The first-order chi connectivity index (χ1) is 21.2. The number of aliphatic hydroxyl groups excluding tert-OH is 1. The molecule has 1 aromatic carbocycles. The van der Waals surface area contributed by atoms with Crippen LogP contribution < -0.4 is 5.32 Å². The van der Waals surface area contributed by atoms with Crippen LogP contribution in [0.25, 0.3) is 0 Å². The van der Waals surface area contributed by atoms with Crippen molar-refractivity contribution in [2.75, 3.05) is 52.4 Å². The first-order valence-corrected chi connectivity index (χ1v) is 16.1. The molecule has 2 heterocycles. The number of carbonyl (C=O) groups is 1. The number of hydrogen-bond donors (Lipinski definition) is 2. The molecule has 0 bridgehead atoms. The number of carbonyl (C=O) groups excluding carboxylic acids is 1. The van der Waals surface area contributed by atoms with Crippen molar-refractivity contribution in [1.82, 2.24) is 20.0 Å². The highest BCUT2D eigenvalue weighted by atomic mass is 19.1. The Balaban J connectivity index is 0.00000232. The van der Waals surface area contributed by atoms with Crippen LogP contribution >= 0.6 is 0 Å². The van der Waals surface area contributed by atoms with Crippen LogP contribution in [0.2, 0.25) is 0 Å². The van der Waals surface area contributed by atoms with Gasteiger partial charge in [0.2, 0.25) is 0 Å². The van der Waals surface area contributed by atoms with Crippen molar-refractivity contribution in [3.8, 4) is 0 Å². The van der Waals surface area contributed by atoms with Crippen molar-refractivity contribution in [3.05, 3.63) is 94.8 Å². The minimum Gasteiger partial charge on any atom is -0.511 e. The molecule has 1 amide bonds. The molecule has 0 spiro atoms. The summed E-state index contributed by atoms with van der Waals surface area (Å²) in [4.78, 5) is 19.7. The van der Waals surface area contributed by atoms with Gasteiger partial charge >= 0.3 is 0 Å². The average Bonchev–Trinajstić information content (AvgIpc) is 3.04. The van der Waals surface area contributed by atoms with E-state index in [9.17, 15) is 18.7 Å². The Morgan fingerprint density at radius 1 is 1.00 bits per heavy atom. The number of benzene rings is 1. The van der Waals surface area contributed by atoms with Crippen molar-refractivity contribution in [2.24, 2.45) is 0 Å². The van der Waals surface area contributed by atoms with E-state index in [2.05, 4.69) is 26.6 Å². The maximum Gasteiger partial charge on any atom is 0.251 e. The monoisotopic (exact) mass is 614 g/mol. The first-order valence-electron chi connectivity index (χ1n) is 16.1. The molecule has 3 rings (SSSR count). The van der Waals surface area contributed by atoms with Gasteiger partial charge in [-0.15, -0.1) is 0 Å². The van der Waals surface area contributed by atoms with Gasteiger partial charge in [-0.25, -0.2) is 8.78 Å². The number of rotatable bonds is 11. The maximum absolute atomic E-state index is 14.0. The Hall–Kier alpha value is -3.07.